The lowest BCUT2D eigenvalue weighted by Crippen LogP contribution is -2.22. The van der Waals surface area contributed by atoms with Crippen LogP contribution in [-0.4, -0.2) is 31.3 Å². The molecule has 0 unspecified atom stereocenters. The van der Waals surface area contributed by atoms with E-state index in [-0.39, 0.29) is 41.1 Å². The van der Waals surface area contributed by atoms with Crippen LogP contribution in [0.4, 0.5) is 0 Å². The van der Waals surface area contributed by atoms with Gasteiger partial charge in [0.05, 0.1) is 0 Å². The van der Waals surface area contributed by atoms with Gasteiger partial charge in [0, 0.05) is 23.5 Å². The summed E-state index contributed by atoms with van der Waals surface area (Å²) in [5.74, 6) is -1.40. The normalized spacial score (nSPS) is 10.8. The van der Waals surface area contributed by atoms with Crippen LogP contribution in [0.25, 0.3) is 10.9 Å². The van der Waals surface area contributed by atoms with Crippen LogP contribution in [0.1, 0.15) is 16.1 Å². The fourth-order valence-corrected chi connectivity index (χ4v) is 2.24. The Balaban J connectivity index is 1.76. The maximum Gasteiger partial charge on any atom is 0.267 e. The van der Waals surface area contributed by atoms with Crippen molar-refractivity contribution < 1.29 is 25.2 Å². The minimum atomic E-state index is -0.382. The van der Waals surface area contributed by atoms with Gasteiger partial charge in [0.15, 0.2) is 23.0 Å². The highest BCUT2D eigenvalue weighted by molar-refractivity contribution is 5.98. The number of amides is 1. The average Bonchev–Trinajstić information content (AvgIpc) is 2.91. The van der Waals surface area contributed by atoms with Gasteiger partial charge in [-0.1, -0.05) is 6.07 Å². The summed E-state index contributed by atoms with van der Waals surface area (Å²) in [4.78, 5) is 15.0. The van der Waals surface area contributed by atoms with Gasteiger partial charge in [-0.25, -0.2) is 0 Å². The predicted molar refractivity (Wildman–Crippen MR) is 82.6 cm³/mol. The summed E-state index contributed by atoms with van der Waals surface area (Å²) < 4.78 is 0. The first-order valence-electron chi connectivity index (χ1n) is 6.78. The molecular formula is C16H14N2O5. The summed E-state index contributed by atoms with van der Waals surface area (Å²) in [6, 6.07) is 8.52. The molecule has 1 aromatic heterocycles. The summed E-state index contributed by atoms with van der Waals surface area (Å²) in [6.45, 7) is 0.165. The second kappa shape index (κ2) is 5.45. The minimum absolute atomic E-state index is 0.165. The lowest BCUT2D eigenvalue weighted by molar-refractivity contribution is 0.0946. The number of benzene rings is 2. The van der Waals surface area contributed by atoms with E-state index in [1.807, 2.05) is 0 Å². The van der Waals surface area contributed by atoms with E-state index in [2.05, 4.69) is 10.3 Å². The molecule has 0 atom stereocenters. The molecule has 118 valence electrons. The Morgan fingerprint density at radius 1 is 0.913 bits per heavy atom. The van der Waals surface area contributed by atoms with Crippen molar-refractivity contribution in [3.05, 3.63) is 47.7 Å². The topological polar surface area (TPSA) is 126 Å². The number of nitrogens with one attached hydrogen (secondary N) is 2. The molecule has 0 radical (unpaired) electrons. The molecule has 7 heteroatoms. The third kappa shape index (κ3) is 2.84. The molecule has 1 amide bonds. The van der Waals surface area contributed by atoms with Gasteiger partial charge >= 0.3 is 0 Å². The molecular weight excluding hydrogens is 300 g/mol. The van der Waals surface area contributed by atoms with Gasteiger partial charge in [-0.05, 0) is 29.8 Å². The molecule has 0 aliphatic carbocycles. The maximum atomic E-state index is 12.1. The Kier molecular flexibility index (Phi) is 3.46. The van der Waals surface area contributed by atoms with Gasteiger partial charge in [0.2, 0.25) is 0 Å². The van der Waals surface area contributed by atoms with Crippen LogP contribution in [0, 0.1) is 0 Å². The standard InChI is InChI=1S/C16H14N2O5/c19-12-2-1-8(3-13(12)20)7-17-16(23)11-4-9-5-14(21)15(22)6-10(9)18-11/h1-6,18-22H,7H2,(H,17,23). The van der Waals surface area contributed by atoms with Crippen LogP contribution in [-0.2, 0) is 6.54 Å². The molecule has 0 saturated carbocycles. The van der Waals surface area contributed by atoms with E-state index >= 15 is 0 Å². The van der Waals surface area contributed by atoms with Crippen molar-refractivity contribution in [1.82, 2.24) is 10.3 Å². The number of aromatic hydroxyl groups is 4. The number of rotatable bonds is 3. The first kappa shape index (κ1) is 14.6. The Morgan fingerprint density at radius 3 is 2.35 bits per heavy atom. The number of H-pyrrole nitrogens is 1. The monoisotopic (exact) mass is 314 g/mol. The van der Waals surface area contributed by atoms with Crippen LogP contribution < -0.4 is 5.32 Å². The summed E-state index contributed by atoms with van der Waals surface area (Å²) in [6.07, 6.45) is 0. The molecule has 23 heavy (non-hydrogen) atoms. The van der Waals surface area contributed by atoms with Crippen molar-refractivity contribution in [3.63, 3.8) is 0 Å². The number of phenols is 4. The zero-order valence-corrected chi connectivity index (χ0v) is 11.9. The first-order chi connectivity index (χ1) is 10.9. The van der Waals surface area contributed by atoms with Crippen molar-refractivity contribution in [2.45, 2.75) is 6.54 Å². The maximum absolute atomic E-state index is 12.1. The SMILES string of the molecule is O=C(NCc1ccc(O)c(O)c1)c1cc2cc(O)c(O)cc2[nH]1. The number of fused-ring (bicyclic) bond motifs is 1. The van der Waals surface area contributed by atoms with Gasteiger partial charge in [-0.3, -0.25) is 4.79 Å². The number of aromatic amines is 1. The highest BCUT2D eigenvalue weighted by Crippen LogP contribution is 2.30. The van der Waals surface area contributed by atoms with Gasteiger partial charge in [0.1, 0.15) is 5.69 Å². The molecule has 0 aliphatic heterocycles. The van der Waals surface area contributed by atoms with E-state index < -0.39 is 0 Å². The van der Waals surface area contributed by atoms with Crippen LogP contribution >= 0.6 is 0 Å². The van der Waals surface area contributed by atoms with E-state index in [1.54, 1.807) is 12.1 Å². The Bertz CT molecular complexity index is 862. The van der Waals surface area contributed by atoms with Crippen LogP contribution in [0.2, 0.25) is 0 Å². The Hall–Kier alpha value is -3.35. The van der Waals surface area contributed by atoms with E-state index in [0.29, 0.717) is 16.5 Å². The third-order valence-corrected chi connectivity index (χ3v) is 3.45. The number of carbonyl (C=O) groups is 1. The lowest BCUT2D eigenvalue weighted by atomic mass is 10.2. The molecule has 3 rings (SSSR count). The highest BCUT2D eigenvalue weighted by atomic mass is 16.3. The molecule has 7 nitrogen and oxygen atoms in total. The first-order valence-corrected chi connectivity index (χ1v) is 6.78. The second-order valence-corrected chi connectivity index (χ2v) is 5.12. The van der Waals surface area contributed by atoms with Crippen LogP contribution in [0.5, 0.6) is 23.0 Å². The summed E-state index contributed by atoms with van der Waals surface area (Å²) >= 11 is 0. The van der Waals surface area contributed by atoms with Crippen molar-refractivity contribution in [2.75, 3.05) is 0 Å². The molecule has 0 fully saturated rings. The largest absolute Gasteiger partial charge is 0.504 e. The van der Waals surface area contributed by atoms with Gasteiger partial charge in [-0.15, -0.1) is 0 Å². The molecule has 1 heterocycles. The molecule has 3 aromatic rings. The van der Waals surface area contributed by atoms with E-state index in [1.165, 1.54) is 24.3 Å². The summed E-state index contributed by atoms with van der Waals surface area (Å²) in [5, 5.41) is 40.8. The second-order valence-electron chi connectivity index (χ2n) is 5.12. The molecule has 2 aromatic carbocycles. The highest BCUT2D eigenvalue weighted by Gasteiger charge is 2.12. The van der Waals surface area contributed by atoms with Crippen molar-refractivity contribution in [2.24, 2.45) is 0 Å². The van der Waals surface area contributed by atoms with Crippen molar-refractivity contribution in [3.8, 4) is 23.0 Å². The Morgan fingerprint density at radius 2 is 1.61 bits per heavy atom. The third-order valence-electron chi connectivity index (χ3n) is 3.45. The van der Waals surface area contributed by atoms with Gasteiger partial charge in [-0.2, -0.15) is 0 Å². The minimum Gasteiger partial charge on any atom is -0.504 e. The molecule has 0 saturated heterocycles. The predicted octanol–water partition coefficient (Wildman–Crippen LogP) is 1.92. The van der Waals surface area contributed by atoms with Crippen LogP contribution in [0.3, 0.4) is 0 Å². The molecule has 0 aliphatic rings. The van der Waals surface area contributed by atoms with Gasteiger partial charge in [0.25, 0.3) is 5.91 Å². The number of hydrogen-bond acceptors (Lipinski definition) is 5. The van der Waals surface area contributed by atoms with Crippen molar-refractivity contribution in [1.29, 1.82) is 0 Å². The lowest BCUT2D eigenvalue weighted by Gasteiger charge is -2.05. The summed E-state index contributed by atoms with van der Waals surface area (Å²) in [7, 11) is 0. The number of carbonyl (C=O) groups excluding carboxylic acids is 1. The number of phenolic OH excluding ortho intramolecular Hbond substituents is 4. The zero-order chi connectivity index (χ0) is 16.6. The number of aromatic nitrogens is 1. The van der Waals surface area contributed by atoms with E-state index in [0.717, 1.165) is 0 Å². The molecule has 0 spiro atoms. The van der Waals surface area contributed by atoms with E-state index in [9.17, 15) is 25.2 Å². The fourth-order valence-electron chi connectivity index (χ4n) is 2.24. The Labute approximate surface area is 130 Å². The number of hydrogen-bond donors (Lipinski definition) is 6. The average molecular weight is 314 g/mol. The van der Waals surface area contributed by atoms with Gasteiger partial charge < -0.3 is 30.7 Å². The molecule has 0 bridgehead atoms. The molecule has 6 N–H and O–H groups in total. The smallest absolute Gasteiger partial charge is 0.267 e. The van der Waals surface area contributed by atoms with E-state index in [4.69, 9.17) is 0 Å². The quantitative estimate of drug-likeness (QED) is 0.412. The summed E-state index contributed by atoms with van der Waals surface area (Å²) in [5.41, 5.74) is 1.42. The van der Waals surface area contributed by atoms with Crippen molar-refractivity contribution >= 4 is 16.8 Å². The zero-order valence-electron chi connectivity index (χ0n) is 11.9. The van der Waals surface area contributed by atoms with Crippen LogP contribution in [0.15, 0.2) is 36.4 Å². The fraction of sp³-hybridized carbons (Fsp3) is 0.0625.